The van der Waals surface area contributed by atoms with Gasteiger partial charge in [-0.2, -0.15) is 0 Å². The van der Waals surface area contributed by atoms with Crippen molar-refractivity contribution in [3.63, 3.8) is 0 Å². The molecule has 19 heavy (non-hydrogen) atoms. The predicted octanol–water partition coefficient (Wildman–Crippen LogP) is 2.69. The number of aliphatic hydroxyl groups is 1. The molecule has 2 aromatic rings. The standard InChI is InChI=1S/C15H16O4/c16-9-3-4-10-19-14-12-6-2-1-5-11(12)7-8-13(14)15(17)18/h1-2,5-8,16H,3-4,9-10H2,(H,17,18). The van der Waals surface area contributed by atoms with E-state index in [-0.39, 0.29) is 12.2 Å². The van der Waals surface area contributed by atoms with Crippen LogP contribution in [-0.2, 0) is 0 Å². The minimum absolute atomic E-state index is 0.116. The summed E-state index contributed by atoms with van der Waals surface area (Å²) < 4.78 is 5.62. The number of carboxylic acid groups (broad SMARTS) is 1. The smallest absolute Gasteiger partial charge is 0.339 e. The van der Waals surface area contributed by atoms with Crippen molar-refractivity contribution in [2.24, 2.45) is 0 Å². The van der Waals surface area contributed by atoms with Gasteiger partial charge in [0.15, 0.2) is 0 Å². The zero-order chi connectivity index (χ0) is 13.7. The molecule has 0 unspecified atom stereocenters. The quantitative estimate of drug-likeness (QED) is 0.784. The third-order valence-electron chi connectivity index (χ3n) is 2.91. The summed E-state index contributed by atoms with van der Waals surface area (Å²) in [5.74, 6) is -0.591. The first-order valence-corrected chi connectivity index (χ1v) is 6.22. The highest BCUT2D eigenvalue weighted by molar-refractivity contribution is 6.00. The molecule has 2 N–H and O–H groups in total. The first kappa shape index (κ1) is 13.4. The van der Waals surface area contributed by atoms with Crippen molar-refractivity contribution in [1.82, 2.24) is 0 Å². The van der Waals surface area contributed by atoms with Crippen LogP contribution in [0.1, 0.15) is 23.2 Å². The normalized spacial score (nSPS) is 10.6. The van der Waals surface area contributed by atoms with Gasteiger partial charge in [-0.25, -0.2) is 4.79 Å². The molecule has 2 aromatic carbocycles. The maximum atomic E-state index is 11.2. The number of rotatable bonds is 6. The van der Waals surface area contributed by atoms with Crippen LogP contribution in [-0.4, -0.2) is 29.4 Å². The van der Waals surface area contributed by atoms with E-state index < -0.39 is 5.97 Å². The van der Waals surface area contributed by atoms with E-state index in [4.69, 9.17) is 9.84 Å². The summed E-state index contributed by atoms with van der Waals surface area (Å²) in [5.41, 5.74) is 0.169. The second-order valence-corrected chi connectivity index (χ2v) is 4.25. The van der Waals surface area contributed by atoms with Crippen molar-refractivity contribution < 1.29 is 19.7 Å². The lowest BCUT2D eigenvalue weighted by molar-refractivity contribution is 0.0692. The molecule has 100 valence electrons. The Morgan fingerprint density at radius 1 is 1.11 bits per heavy atom. The Labute approximate surface area is 111 Å². The van der Waals surface area contributed by atoms with Gasteiger partial charge in [-0.05, 0) is 24.3 Å². The van der Waals surface area contributed by atoms with Crippen LogP contribution in [0.5, 0.6) is 5.75 Å². The molecule has 4 nitrogen and oxygen atoms in total. The van der Waals surface area contributed by atoms with Gasteiger partial charge in [-0.1, -0.05) is 30.3 Å². The van der Waals surface area contributed by atoms with Gasteiger partial charge < -0.3 is 14.9 Å². The highest BCUT2D eigenvalue weighted by Crippen LogP contribution is 2.30. The second-order valence-electron chi connectivity index (χ2n) is 4.25. The first-order chi connectivity index (χ1) is 9.24. The fraction of sp³-hybridized carbons (Fsp3) is 0.267. The molecule has 0 amide bonds. The minimum Gasteiger partial charge on any atom is -0.492 e. The summed E-state index contributed by atoms with van der Waals surface area (Å²) in [6, 6.07) is 10.9. The molecule has 0 bridgehead atoms. The van der Waals surface area contributed by atoms with Gasteiger partial charge >= 0.3 is 5.97 Å². The molecular formula is C15H16O4. The number of carbonyl (C=O) groups is 1. The molecule has 0 saturated carbocycles. The van der Waals surface area contributed by atoms with E-state index in [1.165, 1.54) is 0 Å². The summed E-state index contributed by atoms with van der Waals surface area (Å²) in [4.78, 5) is 11.2. The van der Waals surface area contributed by atoms with Crippen molar-refractivity contribution in [2.45, 2.75) is 12.8 Å². The van der Waals surface area contributed by atoms with Crippen LogP contribution in [0.15, 0.2) is 36.4 Å². The van der Waals surface area contributed by atoms with Crippen molar-refractivity contribution in [3.8, 4) is 5.75 Å². The second kappa shape index (κ2) is 6.20. The van der Waals surface area contributed by atoms with Crippen molar-refractivity contribution in [1.29, 1.82) is 0 Å². The molecule has 0 heterocycles. The largest absolute Gasteiger partial charge is 0.492 e. The number of aromatic carboxylic acids is 1. The van der Waals surface area contributed by atoms with E-state index in [1.807, 2.05) is 24.3 Å². The Kier molecular flexibility index (Phi) is 4.36. The molecule has 0 fully saturated rings. The Morgan fingerprint density at radius 2 is 1.89 bits per heavy atom. The van der Waals surface area contributed by atoms with Gasteiger partial charge in [-0.3, -0.25) is 0 Å². The van der Waals surface area contributed by atoms with Crippen LogP contribution < -0.4 is 4.74 Å². The highest BCUT2D eigenvalue weighted by Gasteiger charge is 2.14. The minimum atomic E-state index is -0.997. The van der Waals surface area contributed by atoms with Crippen LogP contribution >= 0.6 is 0 Å². The van der Waals surface area contributed by atoms with E-state index in [1.54, 1.807) is 12.1 Å². The Morgan fingerprint density at radius 3 is 2.63 bits per heavy atom. The summed E-state index contributed by atoms with van der Waals surface area (Å²) >= 11 is 0. The number of hydrogen-bond acceptors (Lipinski definition) is 3. The third-order valence-corrected chi connectivity index (χ3v) is 2.91. The molecule has 0 saturated heterocycles. The lowest BCUT2D eigenvalue weighted by Crippen LogP contribution is -2.05. The average Bonchev–Trinajstić information content (AvgIpc) is 2.43. The van der Waals surface area contributed by atoms with E-state index >= 15 is 0 Å². The van der Waals surface area contributed by atoms with Gasteiger partial charge in [-0.15, -0.1) is 0 Å². The van der Waals surface area contributed by atoms with Gasteiger partial charge in [0, 0.05) is 12.0 Å². The molecule has 2 rings (SSSR count). The summed E-state index contributed by atoms with van der Waals surface area (Å²) in [7, 11) is 0. The van der Waals surface area contributed by atoms with Crippen LogP contribution in [0, 0.1) is 0 Å². The molecule has 0 atom stereocenters. The average molecular weight is 260 g/mol. The van der Waals surface area contributed by atoms with Crippen molar-refractivity contribution >= 4 is 16.7 Å². The molecule has 4 heteroatoms. The number of unbranched alkanes of at least 4 members (excludes halogenated alkanes) is 1. The number of hydrogen-bond donors (Lipinski definition) is 2. The van der Waals surface area contributed by atoms with Gasteiger partial charge in [0.2, 0.25) is 0 Å². The summed E-state index contributed by atoms with van der Waals surface area (Å²) in [6.45, 7) is 0.513. The highest BCUT2D eigenvalue weighted by atomic mass is 16.5. The van der Waals surface area contributed by atoms with Crippen LogP contribution in [0.3, 0.4) is 0 Å². The van der Waals surface area contributed by atoms with Crippen LogP contribution in [0.25, 0.3) is 10.8 Å². The van der Waals surface area contributed by atoms with E-state index in [2.05, 4.69) is 0 Å². The fourth-order valence-corrected chi connectivity index (χ4v) is 1.96. The molecule has 0 aliphatic carbocycles. The topological polar surface area (TPSA) is 66.8 Å². The number of aliphatic hydroxyl groups excluding tert-OH is 1. The zero-order valence-corrected chi connectivity index (χ0v) is 10.5. The number of ether oxygens (including phenoxy) is 1. The lowest BCUT2D eigenvalue weighted by atomic mass is 10.1. The van der Waals surface area contributed by atoms with Crippen molar-refractivity contribution in [2.75, 3.05) is 13.2 Å². The van der Waals surface area contributed by atoms with Crippen LogP contribution in [0.2, 0.25) is 0 Å². The van der Waals surface area contributed by atoms with E-state index in [0.717, 1.165) is 10.8 Å². The molecule has 0 radical (unpaired) electrons. The number of fused-ring (bicyclic) bond motifs is 1. The van der Waals surface area contributed by atoms with Crippen LogP contribution in [0.4, 0.5) is 0 Å². The molecule has 0 spiro atoms. The maximum absolute atomic E-state index is 11.2. The third kappa shape index (κ3) is 3.03. The molecule has 0 aliphatic heterocycles. The van der Waals surface area contributed by atoms with Crippen molar-refractivity contribution in [3.05, 3.63) is 42.0 Å². The number of carboxylic acids is 1. The lowest BCUT2D eigenvalue weighted by Gasteiger charge is -2.12. The zero-order valence-electron chi connectivity index (χ0n) is 10.5. The Balaban J connectivity index is 2.35. The van der Waals surface area contributed by atoms with E-state index in [9.17, 15) is 9.90 Å². The summed E-state index contributed by atoms with van der Waals surface area (Å²) in [5, 5.41) is 19.7. The van der Waals surface area contributed by atoms with Gasteiger partial charge in [0.25, 0.3) is 0 Å². The van der Waals surface area contributed by atoms with Gasteiger partial charge in [0.1, 0.15) is 11.3 Å². The van der Waals surface area contributed by atoms with E-state index in [0.29, 0.717) is 25.2 Å². The maximum Gasteiger partial charge on any atom is 0.339 e. The number of benzene rings is 2. The SMILES string of the molecule is O=C(O)c1ccc2ccccc2c1OCCCCO. The monoisotopic (exact) mass is 260 g/mol. The molecule has 0 aromatic heterocycles. The predicted molar refractivity (Wildman–Crippen MR) is 72.7 cm³/mol. The summed E-state index contributed by atoms with van der Waals surface area (Å²) in [6.07, 6.45) is 1.34. The molecular weight excluding hydrogens is 244 g/mol. The molecule has 0 aliphatic rings. The Hall–Kier alpha value is -2.07. The van der Waals surface area contributed by atoms with Gasteiger partial charge in [0.05, 0.1) is 6.61 Å². The fourth-order valence-electron chi connectivity index (χ4n) is 1.96. The Bertz CT molecular complexity index is 577. The first-order valence-electron chi connectivity index (χ1n) is 6.22.